The zero-order valence-electron chi connectivity index (χ0n) is 15.2. The van der Waals surface area contributed by atoms with Gasteiger partial charge in [-0.05, 0) is 43.4 Å². The van der Waals surface area contributed by atoms with Gasteiger partial charge in [0.1, 0.15) is 11.5 Å². The molecular weight excluding hydrogens is 467 g/mol. The zero-order chi connectivity index (χ0) is 18.2. The van der Waals surface area contributed by atoms with Crippen molar-refractivity contribution in [2.45, 2.75) is 19.9 Å². The van der Waals surface area contributed by atoms with Gasteiger partial charge < -0.3 is 20.2 Å². The Balaban J connectivity index is 0.00000338. The van der Waals surface area contributed by atoms with E-state index >= 15 is 0 Å². The maximum atomic E-state index is 6.12. The first kappa shape index (κ1) is 22.6. The maximum Gasteiger partial charge on any atom is 0.193 e. The highest BCUT2D eigenvalue weighted by Crippen LogP contribution is 2.27. The van der Waals surface area contributed by atoms with E-state index in [0.717, 1.165) is 24.5 Å². The average Bonchev–Trinajstić information content (AvgIpc) is 3.13. The van der Waals surface area contributed by atoms with E-state index in [9.17, 15) is 0 Å². The van der Waals surface area contributed by atoms with Crippen LogP contribution < -0.4 is 15.8 Å². The number of hydrogen-bond acceptors (Lipinski definition) is 4. The van der Waals surface area contributed by atoms with Gasteiger partial charge in [-0.15, -0.1) is 24.0 Å². The Kier molecular flexibility index (Phi) is 9.82. The molecule has 26 heavy (non-hydrogen) atoms. The second-order valence-corrected chi connectivity index (χ2v) is 5.86. The molecule has 0 saturated heterocycles. The first-order valence-electron chi connectivity index (χ1n) is 8.26. The van der Waals surface area contributed by atoms with Crippen molar-refractivity contribution in [3.8, 4) is 5.75 Å². The molecule has 1 heterocycles. The largest absolute Gasteiger partial charge is 0.495 e. The topological polar surface area (TPSA) is 76.0 Å². The second-order valence-electron chi connectivity index (χ2n) is 5.45. The van der Waals surface area contributed by atoms with Crippen LogP contribution in [0, 0.1) is 0 Å². The van der Waals surface area contributed by atoms with E-state index in [1.165, 1.54) is 0 Å². The van der Waals surface area contributed by atoms with E-state index < -0.39 is 0 Å². The Morgan fingerprint density at radius 1 is 1.35 bits per heavy atom. The van der Waals surface area contributed by atoms with E-state index in [1.54, 1.807) is 25.5 Å². The Hall–Kier alpha value is -1.45. The molecule has 1 aromatic heterocycles. The number of likely N-dealkylation sites (N-methyl/N-ethyl adjacent to an activating group) is 1. The van der Waals surface area contributed by atoms with Crippen molar-refractivity contribution in [1.29, 1.82) is 0 Å². The number of nitrogens with two attached hydrogens (primary N) is 1. The molecule has 0 aliphatic rings. The fourth-order valence-electron chi connectivity index (χ4n) is 2.65. The number of guanidine groups is 1. The standard InChI is InChI=1S/C18H25ClN4O2.HI/c1-4-23(5-2)15(17-7-6-10-25-17)12-21-18(20)22-13-8-9-16(24-3)14(19)11-13;/h6-11,15H,4-5,12H2,1-3H3,(H3,20,21,22);1H. The van der Waals surface area contributed by atoms with Gasteiger partial charge in [-0.25, -0.2) is 0 Å². The third-order valence-corrected chi connectivity index (χ3v) is 4.28. The Labute approximate surface area is 176 Å². The number of furan rings is 1. The summed E-state index contributed by atoms with van der Waals surface area (Å²) in [6, 6.07) is 9.25. The quantitative estimate of drug-likeness (QED) is 0.325. The fourth-order valence-corrected chi connectivity index (χ4v) is 2.90. The third-order valence-electron chi connectivity index (χ3n) is 3.98. The normalized spacial score (nSPS) is 12.6. The smallest absolute Gasteiger partial charge is 0.193 e. The molecule has 144 valence electrons. The van der Waals surface area contributed by atoms with Crippen molar-refractivity contribution in [3.63, 3.8) is 0 Å². The molecule has 2 rings (SSSR count). The minimum Gasteiger partial charge on any atom is -0.495 e. The number of nitrogens with zero attached hydrogens (tertiary/aromatic N) is 2. The van der Waals surface area contributed by atoms with Gasteiger partial charge in [0, 0.05) is 5.69 Å². The molecule has 0 bridgehead atoms. The monoisotopic (exact) mass is 492 g/mol. The minimum absolute atomic E-state index is 0. The van der Waals surface area contributed by atoms with Crippen molar-refractivity contribution in [2.75, 3.05) is 32.1 Å². The number of ether oxygens (including phenoxy) is 1. The lowest BCUT2D eigenvalue weighted by atomic mass is 10.2. The van der Waals surface area contributed by atoms with Crippen molar-refractivity contribution < 1.29 is 9.15 Å². The van der Waals surface area contributed by atoms with E-state index in [4.69, 9.17) is 26.5 Å². The molecule has 0 fully saturated rings. The summed E-state index contributed by atoms with van der Waals surface area (Å²) in [5, 5.41) is 3.56. The summed E-state index contributed by atoms with van der Waals surface area (Å²) in [6.07, 6.45) is 1.68. The number of nitrogens with one attached hydrogen (secondary N) is 1. The minimum atomic E-state index is 0. The molecule has 1 atom stereocenters. The van der Waals surface area contributed by atoms with Gasteiger partial charge in [-0.1, -0.05) is 25.4 Å². The molecule has 1 aromatic carbocycles. The number of anilines is 1. The van der Waals surface area contributed by atoms with Crippen molar-refractivity contribution in [3.05, 3.63) is 47.4 Å². The first-order chi connectivity index (χ1) is 12.1. The highest BCUT2D eigenvalue weighted by atomic mass is 127. The molecule has 3 N–H and O–H groups in total. The van der Waals surface area contributed by atoms with Gasteiger partial charge in [-0.3, -0.25) is 9.89 Å². The third kappa shape index (κ3) is 6.07. The van der Waals surface area contributed by atoms with Gasteiger partial charge in [0.2, 0.25) is 0 Å². The molecular formula is C18H26ClIN4O2. The number of rotatable bonds is 8. The second kappa shape index (κ2) is 11.3. The van der Waals surface area contributed by atoms with E-state index in [0.29, 0.717) is 23.3 Å². The van der Waals surface area contributed by atoms with Gasteiger partial charge in [0.25, 0.3) is 0 Å². The van der Waals surface area contributed by atoms with Gasteiger partial charge in [-0.2, -0.15) is 0 Å². The Morgan fingerprint density at radius 2 is 2.08 bits per heavy atom. The predicted molar refractivity (Wildman–Crippen MR) is 118 cm³/mol. The van der Waals surface area contributed by atoms with Crippen LogP contribution in [0.5, 0.6) is 5.75 Å². The maximum absolute atomic E-state index is 6.12. The summed E-state index contributed by atoms with van der Waals surface area (Å²) in [5.74, 6) is 1.82. The lowest BCUT2D eigenvalue weighted by Gasteiger charge is -2.26. The van der Waals surface area contributed by atoms with Crippen molar-refractivity contribution in [1.82, 2.24) is 4.90 Å². The number of halogens is 2. The summed E-state index contributed by atoms with van der Waals surface area (Å²) in [6.45, 7) is 6.53. The van der Waals surface area contributed by atoms with Crippen LogP contribution in [0.2, 0.25) is 5.02 Å². The molecule has 2 aromatic rings. The van der Waals surface area contributed by atoms with Crippen LogP contribution in [0.3, 0.4) is 0 Å². The number of aliphatic imine (C=N–C) groups is 1. The Morgan fingerprint density at radius 3 is 2.62 bits per heavy atom. The summed E-state index contributed by atoms with van der Waals surface area (Å²) in [7, 11) is 1.58. The molecule has 6 nitrogen and oxygen atoms in total. The summed E-state index contributed by atoms with van der Waals surface area (Å²) < 4.78 is 10.7. The lowest BCUT2D eigenvalue weighted by molar-refractivity contribution is 0.198. The molecule has 0 aliphatic carbocycles. The van der Waals surface area contributed by atoms with E-state index in [1.807, 2.05) is 18.2 Å². The van der Waals surface area contributed by atoms with E-state index in [2.05, 4.69) is 29.1 Å². The predicted octanol–water partition coefficient (Wildman–Crippen LogP) is 4.37. The summed E-state index contributed by atoms with van der Waals surface area (Å²) >= 11 is 6.12. The van der Waals surface area contributed by atoms with Gasteiger partial charge in [0.05, 0.1) is 31.0 Å². The fraction of sp³-hybridized carbons (Fsp3) is 0.389. The van der Waals surface area contributed by atoms with Gasteiger partial charge >= 0.3 is 0 Å². The van der Waals surface area contributed by atoms with Crippen LogP contribution in [0.4, 0.5) is 5.69 Å². The van der Waals surface area contributed by atoms with Crippen LogP contribution in [0.15, 0.2) is 46.0 Å². The molecule has 0 amide bonds. The highest BCUT2D eigenvalue weighted by Gasteiger charge is 2.20. The number of methoxy groups -OCH3 is 1. The van der Waals surface area contributed by atoms with Crippen molar-refractivity contribution in [2.24, 2.45) is 10.7 Å². The van der Waals surface area contributed by atoms with Crippen LogP contribution in [0.1, 0.15) is 25.6 Å². The SMILES string of the molecule is CCN(CC)C(CN=C(N)Nc1ccc(OC)c(Cl)c1)c1ccco1.I. The van der Waals surface area contributed by atoms with Crippen LogP contribution in [-0.2, 0) is 0 Å². The van der Waals surface area contributed by atoms with Crippen LogP contribution >= 0.6 is 35.6 Å². The lowest BCUT2D eigenvalue weighted by Crippen LogP contribution is -2.31. The zero-order valence-corrected chi connectivity index (χ0v) is 18.3. The average molecular weight is 493 g/mol. The molecule has 0 spiro atoms. The number of hydrogen-bond donors (Lipinski definition) is 2. The van der Waals surface area contributed by atoms with E-state index in [-0.39, 0.29) is 30.0 Å². The molecule has 0 saturated carbocycles. The molecule has 0 aliphatic heterocycles. The first-order valence-corrected chi connectivity index (χ1v) is 8.64. The summed E-state index contributed by atoms with van der Waals surface area (Å²) in [4.78, 5) is 6.75. The van der Waals surface area contributed by atoms with Gasteiger partial charge in [0.15, 0.2) is 5.96 Å². The summed E-state index contributed by atoms with van der Waals surface area (Å²) in [5.41, 5.74) is 6.78. The molecule has 8 heteroatoms. The highest BCUT2D eigenvalue weighted by molar-refractivity contribution is 14.0. The number of benzene rings is 1. The Bertz CT molecular complexity index is 691. The van der Waals surface area contributed by atoms with Crippen LogP contribution in [-0.4, -0.2) is 37.6 Å². The van der Waals surface area contributed by atoms with Crippen molar-refractivity contribution >= 4 is 47.2 Å². The molecule has 0 radical (unpaired) electrons. The molecule has 1 unspecified atom stereocenters. The van der Waals surface area contributed by atoms with Crippen LogP contribution in [0.25, 0.3) is 0 Å².